The van der Waals surface area contributed by atoms with E-state index in [-0.39, 0.29) is 18.0 Å². The first-order valence-corrected chi connectivity index (χ1v) is 18.5. The minimum Gasteiger partial charge on any atom is -0.497 e. The molecule has 4 aromatic carbocycles. The maximum absolute atomic E-state index is 16.1. The Bertz CT molecular complexity index is 2030. The molecule has 1 aliphatic carbocycles. The Labute approximate surface area is 300 Å². The van der Waals surface area contributed by atoms with Crippen molar-refractivity contribution in [1.29, 1.82) is 0 Å². The molecule has 0 bridgehead atoms. The highest BCUT2D eigenvalue weighted by Crippen LogP contribution is 2.37. The van der Waals surface area contributed by atoms with Crippen LogP contribution < -0.4 is 15.2 Å². The van der Waals surface area contributed by atoms with E-state index in [0.717, 1.165) is 57.4 Å². The van der Waals surface area contributed by atoms with E-state index >= 15 is 4.39 Å². The lowest BCUT2D eigenvalue weighted by atomic mass is 9.99. The normalized spacial score (nSPS) is 13.1. The number of hydrogen-bond donors (Lipinski definition) is 1. The van der Waals surface area contributed by atoms with Gasteiger partial charge in [-0.25, -0.2) is 12.8 Å². The number of methoxy groups -OCH3 is 2. The Kier molecular flexibility index (Phi) is 10.5. The van der Waals surface area contributed by atoms with Crippen molar-refractivity contribution in [2.45, 2.75) is 43.7 Å². The summed E-state index contributed by atoms with van der Waals surface area (Å²) >= 11 is 9.04. The Morgan fingerprint density at radius 1 is 0.918 bits per heavy atom. The first-order valence-electron chi connectivity index (χ1n) is 15.9. The summed E-state index contributed by atoms with van der Waals surface area (Å²) < 4.78 is 59.3. The lowest BCUT2D eigenvalue weighted by Crippen LogP contribution is -2.31. The smallest absolute Gasteiger partial charge is 0.246 e. The first kappa shape index (κ1) is 34.8. The first-order chi connectivity index (χ1) is 23.5. The van der Waals surface area contributed by atoms with Crippen LogP contribution in [0.1, 0.15) is 46.4 Å². The SMILES string of the molecule is COc1ccc(CN(Cc2ccc(OC)cc2)S(=O)(=O)c2ccc(Cc3c(CC4CC4)c(C(N)=S)cn3-c3cccc(Br)c3)cc2F)cc1. The van der Waals surface area contributed by atoms with Gasteiger partial charge in [0.2, 0.25) is 10.0 Å². The third-order valence-corrected chi connectivity index (χ3v) is 11.3. The second kappa shape index (κ2) is 14.8. The maximum atomic E-state index is 16.1. The molecule has 5 aromatic rings. The number of thiocarbonyl (C=S) groups is 1. The number of sulfonamides is 1. The molecule has 1 aliphatic rings. The highest BCUT2D eigenvalue weighted by Gasteiger charge is 2.30. The molecule has 0 unspecified atom stereocenters. The van der Waals surface area contributed by atoms with E-state index in [0.29, 0.717) is 34.4 Å². The van der Waals surface area contributed by atoms with Gasteiger partial charge in [0.05, 0.1) is 14.2 Å². The summed E-state index contributed by atoms with van der Waals surface area (Å²) in [7, 11) is -1.14. The van der Waals surface area contributed by atoms with Gasteiger partial charge in [0.25, 0.3) is 0 Å². The van der Waals surface area contributed by atoms with E-state index in [1.54, 1.807) is 68.8 Å². The summed E-state index contributed by atoms with van der Waals surface area (Å²) in [4.78, 5) is -0.0743. The van der Waals surface area contributed by atoms with Gasteiger partial charge >= 0.3 is 0 Å². The molecule has 6 rings (SSSR count). The van der Waals surface area contributed by atoms with Gasteiger partial charge in [-0.2, -0.15) is 4.31 Å². The lowest BCUT2D eigenvalue weighted by Gasteiger charge is -2.23. The third-order valence-electron chi connectivity index (χ3n) is 8.79. The second-order valence-electron chi connectivity index (χ2n) is 12.2. The molecule has 1 heterocycles. The lowest BCUT2D eigenvalue weighted by molar-refractivity contribution is 0.395. The van der Waals surface area contributed by atoms with Crippen molar-refractivity contribution in [3.8, 4) is 17.2 Å². The van der Waals surface area contributed by atoms with Gasteiger partial charge in [-0.3, -0.25) is 0 Å². The van der Waals surface area contributed by atoms with Crippen LogP contribution >= 0.6 is 28.1 Å². The van der Waals surface area contributed by atoms with Crippen LogP contribution in [0.15, 0.2) is 107 Å². The Morgan fingerprint density at radius 3 is 2.02 bits per heavy atom. The number of nitrogens with two attached hydrogens (primary N) is 1. The monoisotopic (exact) mass is 761 g/mol. The summed E-state index contributed by atoms with van der Waals surface area (Å²) in [5.74, 6) is 1.05. The van der Waals surface area contributed by atoms with E-state index in [9.17, 15) is 8.42 Å². The molecule has 1 saturated carbocycles. The third kappa shape index (κ3) is 8.07. The molecular formula is C38H37BrFN3O4S2. The molecule has 7 nitrogen and oxygen atoms in total. The molecule has 0 atom stereocenters. The predicted octanol–water partition coefficient (Wildman–Crippen LogP) is 7.96. The molecule has 2 N–H and O–H groups in total. The summed E-state index contributed by atoms with van der Waals surface area (Å²) in [6.45, 7) is 0.0675. The van der Waals surface area contributed by atoms with Crippen molar-refractivity contribution < 1.29 is 22.3 Å². The minimum atomic E-state index is -4.28. The quantitative estimate of drug-likeness (QED) is 0.116. The van der Waals surface area contributed by atoms with Gasteiger partial charge in [-0.05, 0) is 102 Å². The molecule has 0 radical (unpaired) electrons. The highest BCUT2D eigenvalue weighted by molar-refractivity contribution is 9.10. The Hall–Kier alpha value is -4.03. The maximum Gasteiger partial charge on any atom is 0.246 e. The number of rotatable bonds is 14. The van der Waals surface area contributed by atoms with Gasteiger partial charge in [0, 0.05) is 47.1 Å². The molecule has 1 fully saturated rings. The fraction of sp³-hybridized carbons (Fsp3) is 0.237. The van der Waals surface area contributed by atoms with Crippen LogP contribution in [0.3, 0.4) is 0 Å². The number of hydrogen-bond acceptors (Lipinski definition) is 5. The van der Waals surface area contributed by atoms with Crippen LogP contribution in [0.25, 0.3) is 5.69 Å². The Balaban J connectivity index is 1.35. The zero-order chi connectivity index (χ0) is 34.7. The highest BCUT2D eigenvalue weighted by atomic mass is 79.9. The standard InChI is InChI=1S/C38H37BrFN3O4S2/c1-46-31-13-8-26(9-14-31)22-42(23-27-10-15-32(47-2)16-11-27)49(44,45)37-17-12-28(19-35(37)40)20-36-33(18-25-6-7-25)34(38(41)48)24-43(36)30-5-3-4-29(39)21-30/h3-5,8-17,19,21,24-25H,6-7,18,20,22-23H2,1-2H3,(H2,41,48). The largest absolute Gasteiger partial charge is 0.497 e. The van der Waals surface area contributed by atoms with E-state index in [4.69, 9.17) is 27.4 Å². The van der Waals surface area contributed by atoms with E-state index < -0.39 is 15.8 Å². The number of ether oxygens (including phenoxy) is 2. The van der Waals surface area contributed by atoms with Crippen molar-refractivity contribution >= 4 is 43.2 Å². The van der Waals surface area contributed by atoms with Crippen molar-refractivity contribution in [1.82, 2.24) is 8.87 Å². The molecule has 1 aromatic heterocycles. The van der Waals surface area contributed by atoms with Crippen LogP contribution in [-0.4, -0.2) is 36.5 Å². The molecule has 0 amide bonds. The molecule has 0 aliphatic heterocycles. The summed E-state index contributed by atoms with van der Waals surface area (Å²) in [5, 5.41) is 0. The van der Waals surface area contributed by atoms with Gasteiger partial charge in [0.15, 0.2) is 0 Å². The van der Waals surface area contributed by atoms with Crippen LogP contribution in [0.4, 0.5) is 4.39 Å². The van der Waals surface area contributed by atoms with E-state index in [1.165, 1.54) is 16.4 Å². The number of aromatic nitrogens is 1. The fourth-order valence-corrected chi connectivity index (χ4v) is 8.00. The molecule has 0 saturated heterocycles. The van der Waals surface area contributed by atoms with E-state index in [1.807, 2.05) is 30.5 Å². The fourth-order valence-electron chi connectivity index (χ4n) is 5.98. The average molecular weight is 763 g/mol. The van der Waals surface area contributed by atoms with Crippen LogP contribution in [0, 0.1) is 11.7 Å². The summed E-state index contributed by atoms with van der Waals surface area (Å²) in [6.07, 6.45) is 5.42. The summed E-state index contributed by atoms with van der Waals surface area (Å²) in [5.41, 5.74) is 12.0. The molecular weight excluding hydrogens is 725 g/mol. The Morgan fingerprint density at radius 2 is 1.51 bits per heavy atom. The molecule has 49 heavy (non-hydrogen) atoms. The molecule has 254 valence electrons. The van der Waals surface area contributed by atoms with Gasteiger partial charge in [-0.1, -0.05) is 64.5 Å². The predicted molar refractivity (Wildman–Crippen MR) is 197 cm³/mol. The minimum absolute atomic E-state index is 0.0337. The van der Waals surface area contributed by atoms with Crippen LogP contribution in [0.2, 0.25) is 0 Å². The van der Waals surface area contributed by atoms with Gasteiger partial charge in [0.1, 0.15) is 27.2 Å². The molecule has 11 heteroatoms. The average Bonchev–Trinajstić information content (AvgIpc) is 3.84. The van der Waals surface area contributed by atoms with Gasteiger partial charge in [-0.15, -0.1) is 0 Å². The van der Waals surface area contributed by atoms with Crippen molar-refractivity contribution in [3.63, 3.8) is 0 Å². The van der Waals surface area contributed by atoms with Gasteiger partial charge < -0.3 is 19.8 Å². The van der Waals surface area contributed by atoms with Crippen molar-refractivity contribution in [2.75, 3.05) is 14.2 Å². The zero-order valence-corrected chi connectivity index (χ0v) is 30.5. The number of nitrogens with zero attached hydrogens (tertiary/aromatic N) is 2. The topological polar surface area (TPSA) is 86.8 Å². The number of halogens is 2. The molecule has 0 spiro atoms. The van der Waals surface area contributed by atoms with Crippen molar-refractivity contribution in [2.24, 2.45) is 11.7 Å². The summed E-state index contributed by atoms with van der Waals surface area (Å²) in [6, 6.07) is 26.6. The second-order valence-corrected chi connectivity index (χ2v) is 15.5. The zero-order valence-electron chi connectivity index (χ0n) is 27.2. The van der Waals surface area contributed by atoms with Crippen molar-refractivity contribution in [3.05, 3.63) is 141 Å². The van der Waals surface area contributed by atoms with E-state index in [2.05, 4.69) is 20.5 Å². The van der Waals surface area contributed by atoms with Crippen LogP contribution in [0.5, 0.6) is 11.5 Å². The van der Waals surface area contributed by atoms with Crippen LogP contribution in [-0.2, 0) is 36.0 Å². The number of benzene rings is 4.